The number of rotatable bonds is 2. The van der Waals surface area contributed by atoms with Crippen LogP contribution in [-0.2, 0) is 4.74 Å². The first-order valence-electron chi connectivity index (χ1n) is 9.10. The molecule has 0 unspecified atom stereocenters. The molecule has 1 aliphatic carbocycles. The van der Waals surface area contributed by atoms with Crippen molar-refractivity contribution in [3.05, 3.63) is 24.0 Å². The number of piperidine rings is 1. The normalized spacial score (nSPS) is 25.1. The zero-order valence-corrected chi connectivity index (χ0v) is 15.3. The fourth-order valence-corrected chi connectivity index (χ4v) is 4.27. The minimum Gasteiger partial charge on any atom is -0.444 e. The highest BCUT2D eigenvalue weighted by Crippen LogP contribution is 2.50. The highest BCUT2D eigenvalue weighted by molar-refractivity contribution is 6.58. The van der Waals surface area contributed by atoms with Crippen molar-refractivity contribution in [1.29, 1.82) is 0 Å². The molecular formula is C18H24BN3O4. The van der Waals surface area contributed by atoms with Crippen LogP contribution in [0.25, 0.3) is 11.0 Å². The first-order valence-corrected chi connectivity index (χ1v) is 9.10. The number of hydrogen-bond acceptors (Lipinski definition) is 5. The van der Waals surface area contributed by atoms with E-state index in [0.717, 1.165) is 36.1 Å². The Bertz CT molecular complexity index is 845. The van der Waals surface area contributed by atoms with Gasteiger partial charge in [-0.3, -0.25) is 4.90 Å². The van der Waals surface area contributed by atoms with E-state index in [2.05, 4.69) is 9.97 Å². The summed E-state index contributed by atoms with van der Waals surface area (Å²) < 4.78 is 5.63. The first kappa shape index (κ1) is 17.4. The van der Waals surface area contributed by atoms with Crippen LogP contribution in [0, 0.1) is 5.92 Å². The third kappa shape index (κ3) is 2.97. The van der Waals surface area contributed by atoms with Crippen LogP contribution in [0.5, 0.6) is 0 Å². The molecule has 138 valence electrons. The van der Waals surface area contributed by atoms with Crippen molar-refractivity contribution < 1.29 is 19.6 Å². The van der Waals surface area contributed by atoms with E-state index in [0.29, 0.717) is 11.4 Å². The molecule has 3 atom stereocenters. The van der Waals surface area contributed by atoms with Gasteiger partial charge in [0.15, 0.2) is 0 Å². The average Bonchev–Trinajstić information content (AvgIpc) is 3.25. The van der Waals surface area contributed by atoms with Crippen LogP contribution >= 0.6 is 0 Å². The quantitative estimate of drug-likeness (QED) is 0.711. The fourth-order valence-electron chi connectivity index (χ4n) is 4.27. The number of hydrogen-bond donors (Lipinski definition) is 3. The average molecular weight is 357 g/mol. The number of carbonyl (C=O) groups excluding carboxylic acids is 1. The van der Waals surface area contributed by atoms with Crippen LogP contribution in [0.3, 0.4) is 0 Å². The van der Waals surface area contributed by atoms with Gasteiger partial charge in [-0.25, -0.2) is 9.78 Å². The SMILES string of the molecule is CC(C)(C)OC(=O)N1[C@@H]2CC[C@@H](C2)[C@H]1c1nc2ccc(B(O)O)cc2[nH]1. The van der Waals surface area contributed by atoms with Crippen LogP contribution in [-0.4, -0.2) is 49.8 Å². The van der Waals surface area contributed by atoms with E-state index in [4.69, 9.17) is 4.74 Å². The largest absolute Gasteiger partial charge is 0.488 e. The molecule has 8 heteroatoms. The monoisotopic (exact) mass is 357 g/mol. The molecule has 0 spiro atoms. The lowest BCUT2D eigenvalue weighted by Crippen LogP contribution is -2.43. The summed E-state index contributed by atoms with van der Waals surface area (Å²) in [6.45, 7) is 5.62. The summed E-state index contributed by atoms with van der Waals surface area (Å²) in [4.78, 5) is 22.6. The molecule has 1 amide bonds. The van der Waals surface area contributed by atoms with Gasteiger partial charge in [0.2, 0.25) is 0 Å². The summed E-state index contributed by atoms with van der Waals surface area (Å²) in [5.74, 6) is 1.11. The summed E-state index contributed by atoms with van der Waals surface area (Å²) in [6.07, 6.45) is 2.76. The van der Waals surface area contributed by atoms with Gasteiger partial charge in [-0.15, -0.1) is 0 Å². The van der Waals surface area contributed by atoms with Gasteiger partial charge in [-0.1, -0.05) is 6.07 Å². The molecule has 1 saturated carbocycles. The van der Waals surface area contributed by atoms with Gasteiger partial charge in [-0.05, 0) is 63.5 Å². The molecule has 1 aromatic carbocycles. The molecule has 2 aromatic rings. The molecule has 2 fully saturated rings. The minimum atomic E-state index is -1.52. The molecule has 26 heavy (non-hydrogen) atoms. The van der Waals surface area contributed by atoms with Crippen molar-refractivity contribution in [3.63, 3.8) is 0 Å². The van der Waals surface area contributed by atoms with Crippen molar-refractivity contribution in [2.45, 2.75) is 57.7 Å². The van der Waals surface area contributed by atoms with Gasteiger partial charge in [0.1, 0.15) is 11.4 Å². The van der Waals surface area contributed by atoms with Gasteiger partial charge >= 0.3 is 13.2 Å². The van der Waals surface area contributed by atoms with E-state index in [1.165, 1.54) is 0 Å². The molecule has 4 rings (SSSR count). The second-order valence-corrected chi connectivity index (χ2v) is 8.33. The lowest BCUT2D eigenvalue weighted by Gasteiger charge is -2.35. The van der Waals surface area contributed by atoms with Crippen molar-refractivity contribution >= 4 is 29.7 Å². The van der Waals surface area contributed by atoms with Crippen molar-refractivity contribution in [2.24, 2.45) is 5.92 Å². The maximum absolute atomic E-state index is 12.8. The highest BCUT2D eigenvalue weighted by Gasteiger charge is 2.51. The highest BCUT2D eigenvalue weighted by atomic mass is 16.6. The molecule has 1 saturated heterocycles. The van der Waals surface area contributed by atoms with E-state index >= 15 is 0 Å². The van der Waals surface area contributed by atoms with Crippen LogP contribution in [0.4, 0.5) is 4.79 Å². The molecule has 1 aliphatic heterocycles. The van der Waals surface area contributed by atoms with Crippen LogP contribution < -0.4 is 5.46 Å². The molecular weight excluding hydrogens is 333 g/mol. The number of nitrogens with zero attached hydrogens (tertiary/aromatic N) is 2. The Hall–Kier alpha value is -2.06. The number of fused-ring (bicyclic) bond motifs is 3. The van der Waals surface area contributed by atoms with E-state index in [9.17, 15) is 14.8 Å². The molecule has 1 aromatic heterocycles. The predicted octanol–water partition coefficient (Wildman–Crippen LogP) is 1.70. The number of aromatic nitrogens is 2. The molecule has 2 bridgehead atoms. The Balaban J connectivity index is 1.68. The lowest BCUT2D eigenvalue weighted by molar-refractivity contribution is 0.00623. The van der Waals surface area contributed by atoms with Crippen LogP contribution in [0.15, 0.2) is 18.2 Å². The van der Waals surface area contributed by atoms with Gasteiger partial charge in [0, 0.05) is 6.04 Å². The van der Waals surface area contributed by atoms with Gasteiger partial charge < -0.3 is 19.8 Å². The zero-order chi connectivity index (χ0) is 18.6. The van der Waals surface area contributed by atoms with Gasteiger partial charge in [0.25, 0.3) is 0 Å². The number of nitrogens with one attached hydrogen (secondary N) is 1. The third-order valence-corrected chi connectivity index (χ3v) is 5.29. The molecule has 2 aliphatic rings. The van der Waals surface area contributed by atoms with E-state index in [1.807, 2.05) is 25.7 Å². The van der Waals surface area contributed by atoms with Crippen molar-refractivity contribution in [2.75, 3.05) is 0 Å². The Morgan fingerprint density at radius 2 is 2.12 bits per heavy atom. The summed E-state index contributed by atoms with van der Waals surface area (Å²) in [7, 11) is -1.52. The van der Waals surface area contributed by atoms with Gasteiger partial charge in [-0.2, -0.15) is 0 Å². The number of likely N-dealkylation sites (tertiary alicyclic amines) is 1. The second kappa shape index (κ2) is 5.99. The first-order chi connectivity index (χ1) is 12.2. The van der Waals surface area contributed by atoms with Gasteiger partial charge in [0.05, 0.1) is 17.1 Å². The number of ether oxygens (including phenoxy) is 1. The number of imidazole rings is 1. The smallest absolute Gasteiger partial charge is 0.444 e. The summed E-state index contributed by atoms with van der Waals surface area (Å²) in [5, 5.41) is 18.7. The fraction of sp³-hybridized carbons (Fsp3) is 0.556. The molecule has 2 heterocycles. The topological polar surface area (TPSA) is 98.7 Å². The van der Waals surface area contributed by atoms with E-state index in [1.54, 1.807) is 18.2 Å². The van der Waals surface area contributed by atoms with Crippen LogP contribution in [0.1, 0.15) is 51.9 Å². The Morgan fingerprint density at radius 3 is 2.81 bits per heavy atom. The summed E-state index contributed by atoms with van der Waals surface area (Å²) in [6, 6.07) is 5.15. The standard InChI is InChI=1S/C18H24BN3O4/c1-18(2,3)26-17(23)22-12-6-4-10(8-12)15(22)16-20-13-7-5-11(19(24)25)9-14(13)21-16/h5,7,9-10,12,15,24-25H,4,6,8H2,1-3H3,(H,20,21)/t10-,12+,15-/m0/s1. The van der Waals surface area contributed by atoms with Crippen molar-refractivity contribution in [1.82, 2.24) is 14.9 Å². The Labute approximate surface area is 152 Å². The minimum absolute atomic E-state index is 0.126. The molecule has 3 N–H and O–H groups in total. The molecule has 0 radical (unpaired) electrons. The summed E-state index contributed by atoms with van der Waals surface area (Å²) >= 11 is 0. The number of benzene rings is 1. The predicted molar refractivity (Wildman–Crippen MR) is 97.9 cm³/mol. The zero-order valence-electron chi connectivity index (χ0n) is 15.3. The van der Waals surface area contributed by atoms with Crippen LogP contribution in [0.2, 0.25) is 0 Å². The van der Waals surface area contributed by atoms with Crippen molar-refractivity contribution in [3.8, 4) is 0 Å². The lowest BCUT2D eigenvalue weighted by atomic mass is 9.80. The second-order valence-electron chi connectivity index (χ2n) is 8.33. The maximum atomic E-state index is 12.8. The van der Waals surface area contributed by atoms with E-state index in [-0.39, 0.29) is 18.2 Å². The Kier molecular flexibility index (Phi) is 4.00. The number of H-pyrrole nitrogens is 1. The molecule has 7 nitrogen and oxygen atoms in total. The Morgan fingerprint density at radius 1 is 1.35 bits per heavy atom. The number of aromatic amines is 1. The third-order valence-electron chi connectivity index (χ3n) is 5.29. The maximum Gasteiger partial charge on any atom is 0.488 e. The summed E-state index contributed by atoms with van der Waals surface area (Å²) in [5.41, 5.74) is 1.35. The number of carbonyl (C=O) groups is 1. The number of amides is 1. The van der Waals surface area contributed by atoms with E-state index < -0.39 is 12.7 Å².